The summed E-state index contributed by atoms with van der Waals surface area (Å²) in [6, 6.07) is 19.3. The summed E-state index contributed by atoms with van der Waals surface area (Å²) < 4.78 is 11.7. The fourth-order valence-corrected chi connectivity index (χ4v) is 3.78. The van der Waals surface area contributed by atoms with Crippen LogP contribution in [0.25, 0.3) is 0 Å². The molecule has 2 heterocycles. The minimum Gasteiger partial charge on any atom is -0.493 e. The van der Waals surface area contributed by atoms with Crippen molar-refractivity contribution in [2.75, 3.05) is 11.9 Å². The van der Waals surface area contributed by atoms with Gasteiger partial charge in [0.1, 0.15) is 17.2 Å². The first kappa shape index (κ1) is 19.1. The molecule has 2 aromatic carbocycles. The van der Waals surface area contributed by atoms with Crippen molar-refractivity contribution < 1.29 is 13.9 Å². The normalized spacial score (nSPS) is 18.3. The summed E-state index contributed by atoms with van der Waals surface area (Å²) in [5, 5.41) is 3.60. The molecule has 1 N–H and O–H groups in total. The summed E-state index contributed by atoms with van der Waals surface area (Å²) in [5.74, 6) is 1.48. The Hall–Kier alpha value is -3.21. The Morgan fingerprint density at radius 1 is 1.07 bits per heavy atom. The van der Waals surface area contributed by atoms with E-state index in [4.69, 9.17) is 9.15 Å². The molecule has 29 heavy (non-hydrogen) atoms. The van der Waals surface area contributed by atoms with Crippen LogP contribution in [0.15, 0.2) is 71.3 Å². The molecule has 0 saturated heterocycles. The molecule has 150 valence electrons. The Morgan fingerprint density at radius 2 is 1.86 bits per heavy atom. The summed E-state index contributed by atoms with van der Waals surface area (Å²) in [6.45, 7) is 5.16. The topological polar surface area (TPSA) is 54.7 Å². The molecule has 1 amide bonds. The lowest BCUT2D eigenvalue weighted by Gasteiger charge is -2.46. The molecule has 0 fully saturated rings. The van der Waals surface area contributed by atoms with E-state index >= 15 is 0 Å². The molecule has 0 bridgehead atoms. The van der Waals surface area contributed by atoms with Crippen molar-refractivity contribution in [3.05, 3.63) is 83.8 Å². The maximum atomic E-state index is 13.5. The van der Waals surface area contributed by atoms with E-state index in [-0.39, 0.29) is 5.91 Å². The lowest BCUT2D eigenvalue weighted by atomic mass is 9.92. The minimum atomic E-state index is -0.791. The van der Waals surface area contributed by atoms with Crippen LogP contribution >= 0.6 is 0 Å². The highest BCUT2D eigenvalue weighted by Gasteiger charge is 2.44. The zero-order valence-electron chi connectivity index (χ0n) is 16.9. The number of amides is 1. The third-order valence-corrected chi connectivity index (χ3v) is 5.38. The molecular weight excluding hydrogens is 364 g/mol. The van der Waals surface area contributed by atoms with E-state index in [0.29, 0.717) is 18.7 Å². The van der Waals surface area contributed by atoms with Gasteiger partial charge in [-0.3, -0.25) is 4.79 Å². The zero-order chi connectivity index (χ0) is 20.3. The zero-order valence-corrected chi connectivity index (χ0v) is 16.9. The Bertz CT molecular complexity index is 983. The number of hydrogen-bond acceptors (Lipinski definition) is 4. The van der Waals surface area contributed by atoms with Gasteiger partial charge in [-0.2, -0.15) is 0 Å². The lowest BCUT2D eigenvalue weighted by Crippen LogP contribution is -2.55. The molecule has 1 unspecified atom stereocenters. The fourth-order valence-electron chi connectivity index (χ4n) is 3.78. The molecular formula is C24H26N2O3. The van der Waals surface area contributed by atoms with Gasteiger partial charge in [-0.05, 0) is 43.7 Å². The van der Waals surface area contributed by atoms with Crippen molar-refractivity contribution in [3.63, 3.8) is 0 Å². The van der Waals surface area contributed by atoms with Crippen LogP contribution in [0.4, 0.5) is 5.69 Å². The predicted molar refractivity (Wildman–Crippen MR) is 113 cm³/mol. The van der Waals surface area contributed by atoms with E-state index in [9.17, 15) is 4.79 Å². The smallest absolute Gasteiger partial charge is 0.258 e. The molecule has 1 atom stereocenters. The molecule has 5 nitrogen and oxygen atoms in total. The molecule has 1 aromatic heterocycles. The second kappa shape index (κ2) is 8.03. The van der Waals surface area contributed by atoms with Crippen molar-refractivity contribution >= 4 is 11.6 Å². The minimum absolute atomic E-state index is 0.0402. The van der Waals surface area contributed by atoms with Gasteiger partial charge in [0.25, 0.3) is 5.91 Å². The standard InChI is InChI=1S/C24H26N2O3/c1-3-4-15-29-22-14-8-6-12-20(22)24(2)25-21-13-7-5-11-19(21)23(27)26(24)17-18-10-9-16-28-18/h5-14,16,25H,3-4,15,17H2,1-2H3. The van der Waals surface area contributed by atoms with E-state index in [1.165, 1.54) is 0 Å². The second-order valence-electron chi connectivity index (χ2n) is 7.41. The van der Waals surface area contributed by atoms with Crippen molar-refractivity contribution in [3.8, 4) is 5.75 Å². The number of benzene rings is 2. The first-order valence-corrected chi connectivity index (χ1v) is 10.1. The van der Waals surface area contributed by atoms with Gasteiger partial charge in [0, 0.05) is 11.3 Å². The average molecular weight is 390 g/mol. The van der Waals surface area contributed by atoms with E-state index in [0.717, 1.165) is 35.6 Å². The number of furan rings is 1. The van der Waals surface area contributed by atoms with E-state index in [2.05, 4.69) is 12.2 Å². The number of rotatable bonds is 7. The van der Waals surface area contributed by atoms with Gasteiger partial charge in [0.05, 0.1) is 25.0 Å². The van der Waals surface area contributed by atoms with Crippen molar-refractivity contribution in [1.82, 2.24) is 4.90 Å². The van der Waals surface area contributed by atoms with Crippen LogP contribution < -0.4 is 10.1 Å². The summed E-state index contributed by atoms with van der Waals surface area (Å²) >= 11 is 0. The van der Waals surface area contributed by atoms with Gasteiger partial charge in [-0.15, -0.1) is 0 Å². The molecule has 1 aliphatic rings. The number of hydrogen-bond donors (Lipinski definition) is 1. The second-order valence-corrected chi connectivity index (χ2v) is 7.41. The van der Waals surface area contributed by atoms with Gasteiger partial charge in [-0.1, -0.05) is 43.7 Å². The van der Waals surface area contributed by atoms with Gasteiger partial charge < -0.3 is 19.4 Å². The number of para-hydroxylation sites is 2. The molecule has 0 aliphatic carbocycles. The number of ether oxygens (including phenoxy) is 1. The molecule has 4 rings (SSSR count). The molecule has 3 aromatic rings. The first-order chi connectivity index (χ1) is 14.1. The number of fused-ring (bicyclic) bond motifs is 1. The highest BCUT2D eigenvalue weighted by atomic mass is 16.5. The van der Waals surface area contributed by atoms with Gasteiger partial charge in [0.2, 0.25) is 0 Å². The summed E-state index contributed by atoms with van der Waals surface area (Å²) in [5.41, 5.74) is 1.60. The number of nitrogens with zero attached hydrogens (tertiary/aromatic N) is 1. The largest absolute Gasteiger partial charge is 0.493 e. The van der Waals surface area contributed by atoms with Crippen LogP contribution in [0.1, 0.15) is 48.4 Å². The quantitative estimate of drug-likeness (QED) is 0.549. The average Bonchev–Trinajstić information content (AvgIpc) is 3.25. The number of unbranched alkanes of at least 4 members (excludes halogenated alkanes) is 1. The van der Waals surface area contributed by atoms with E-state index in [1.807, 2.05) is 72.5 Å². The summed E-state index contributed by atoms with van der Waals surface area (Å²) in [6.07, 6.45) is 3.68. The molecule has 1 aliphatic heterocycles. The Labute approximate surface area is 171 Å². The highest BCUT2D eigenvalue weighted by Crippen LogP contribution is 2.42. The van der Waals surface area contributed by atoms with Gasteiger partial charge in [-0.25, -0.2) is 0 Å². The number of nitrogens with one attached hydrogen (secondary N) is 1. The van der Waals surface area contributed by atoms with Gasteiger partial charge >= 0.3 is 0 Å². The number of carbonyl (C=O) groups is 1. The maximum absolute atomic E-state index is 13.5. The van der Waals surface area contributed by atoms with Gasteiger partial charge in [0.15, 0.2) is 0 Å². The fraction of sp³-hybridized carbons (Fsp3) is 0.292. The summed E-state index contributed by atoms with van der Waals surface area (Å²) in [4.78, 5) is 15.3. The number of carbonyl (C=O) groups excluding carboxylic acids is 1. The van der Waals surface area contributed by atoms with Crippen LogP contribution in [-0.2, 0) is 12.2 Å². The summed E-state index contributed by atoms with van der Waals surface area (Å²) in [7, 11) is 0. The molecule has 0 radical (unpaired) electrons. The molecule has 0 spiro atoms. The van der Waals surface area contributed by atoms with Crippen LogP contribution in [-0.4, -0.2) is 17.4 Å². The lowest BCUT2D eigenvalue weighted by molar-refractivity contribution is 0.0480. The monoisotopic (exact) mass is 390 g/mol. The van der Waals surface area contributed by atoms with Crippen LogP contribution in [0.3, 0.4) is 0 Å². The highest BCUT2D eigenvalue weighted by molar-refractivity contribution is 6.02. The SMILES string of the molecule is CCCCOc1ccccc1C1(C)Nc2ccccc2C(=O)N1Cc1ccco1. The molecule has 5 heteroatoms. The third-order valence-electron chi connectivity index (χ3n) is 5.38. The van der Waals surface area contributed by atoms with Crippen LogP contribution in [0.2, 0.25) is 0 Å². The van der Waals surface area contributed by atoms with Crippen LogP contribution in [0, 0.1) is 0 Å². The van der Waals surface area contributed by atoms with Crippen molar-refractivity contribution in [1.29, 1.82) is 0 Å². The molecule has 0 saturated carbocycles. The predicted octanol–water partition coefficient (Wildman–Crippen LogP) is 5.40. The Balaban J connectivity index is 1.79. The van der Waals surface area contributed by atoms with Crippen LogP contribution in [0.5, 0.6) is 5.75 Å². The van der Waals surface area contributed by atoms with Crippen molar-refractivity contribution in [2.45, 2.75) is 38.9 Å². The Morgan fingerprint density at radius 3 is 2.66 bits per heavy atom. The maximum Gasteiger partial charge on any atom is 0.258 e. The first-order valence-electron chi connectivity index (χ1n) is 10.1. The van der Waals surface area contributed by atoms with Crippen molar-refractivity contribution in [2.24, 2.45) is 0 Å². The Kier molecular flexibility index (Phi) is 5.30. The van der Waals surface area contributed by atoms with E-state index in [1.54, 1.807) is 6.26 Å². The van der Waals surface area contributed by atoms with E-state index < -0.39 is 5.66 Å². The third kappa shape index (κ3) is 3.60. The number of anilines is 1.